The number of fused-ring (bicyclic) bond motifs is 3. The second-order valence-corrected chi connectivity index (χ2v) is 10.2. The summed E-state index contributed by atoms with van der Waals surface area (Å²) in [5, 5.41) is 0.780. The van der Waals surface area contributed by atoms with E-state index in [1.54, 1.807) is 16.2 Å². The highest BCUT2D eigenvalue weighted by Crippen LogP contribution is 2.33. The van der Waals surface area contributed by atoms with Crippen molar-refractivity contribution in [1.82, 2.24) is 14.9 Å². The molecule has 4 rings (SSSR count). The summed E-state index contributed by atoms with van der Waals surface area (Å²) in [5.41, 5.74) is 2.24. The number of halogens is 1. The third kappa shape index (κ3) is 4.59. The Bertz CT molecular complexity index is 1110. The van der Waals surface area contributed by atoms with Crippen molar-refractivity contribution >= 4 is 55.2 Å². The Kier molecular flexibility index (Phi) is 6.41. The molecule has 0 bridgehead atoms. The lowest BCUT2D eigenvalue weighted by Gasteiger charge is -2.18. The first-order chi connectivity index (χ1) is 14.0. The van der Waals surface area contributed by atoms with Crippen molar-refractivity contribution in [2.45, 2.75) is 38.0 Å². The van der Waals surface area contributed by atoms with Gasteiger partial charge in [0.15, 0.2) is 0 Å². The molecule has 1 aliphatic carbocycles. The molecular weight excluding hydrogens is 470 g/mol. The number of benzene rings is 1. The Morgan fingerprint density at radius 3 is 2.93 bits per heavy atom. The van der Waals surface area contributed by atoms with Crippen LogP contribution in [-0.4, -0.2) is 33.6 Å². The third-order valence-corrected chi connectivity index (χ3v) is 8.02. The molecule has 0 unspecified atom stereocenters. The summed E-state index contributed by atoms with van der Waals surface area (Å²) >= 11 is 6.65. The van der Waals surface area contributed by atoms with E-state index in [0.717, 1.165) is 39.5 Å². The lowest BCUT2D eigenvalue weighted by atomic mass is 9.97. The predicted molar refractivity (Wildman–Crippen MR) is 124 cm³/mol. The number of rotatable bonds is 6. The van der Waals surface area contributed by atoms with E-state index in [9.17, 15) is 9.59 Å². The standard InChI is InChI=1S/C21H22BrN3O2S2/c1-25(10-13-6-2-4-8-15(13)22)18(26)12-28-11-17-23-20(27)19-14-7-3-5-9-16(14)29-21(19)24-17/h2,4,6,8H,3,5,7,9-12H2,1H3,(H,23,24,27). The first-order valence-corrected chi connectivity index (χ1v) is 12.4. The number of aromatic amines is 1. The van der Waals surface area contributed by atoms with Crippen LogP contribution in [-0.2, 0) is 29.9 Å². The summed E-state index contributed by atoms with van der Waals surface area (Å²) in [6.45, 7) is 0.558. The highest BCUT2D eigenvalue weighted by molar-refractivity contribution is 9.10. The fraction of sp³-hybridized carbons (Fsp3) is 0.381. The summed E-state index contributed by atoms with van der Waals surface area (Å²) in [5.74, 6) is 1.57. The van der Waals surface area contributed by atoms with Gasteiger partial charge >= 0.3 is 0 Å². The van der Waals surface area contributed by atoms with Gasteiger partial charge in [-0.1, -0.05) is 34.1 Å². The van der Waals surface area contributed by atoms with Crippen LogP contribution in [0.4, 0.5) is 0 Å². The number of carbonyl (C=O) groups excluding carboxylic acids is 1. The maximum atomic E-state index is 12.6. The summed E-state index contributed by atoms with van der Waals surface area (Å²) in [7, 11) is 1.81. The first-order valence-electron chi connectivity index (χ1n) is 9.61. The van der Waals surface area contributed by atoms with Gasteiger partial charge in [0.1, 0.15) is 10.7 Å². The molecule has 3 aromatic rings. The van der Waals surface area contributed by atoms with E-state index in [-0.39, 0.29) is 11.5 Å². The molecule has 2 aromatic heterocycles. The number of aryl methyl sites for hydroxylation is 2. The highest BCUT2D eigenvalue weighted by atomic mass is 79.9. The smallest absolute Gasteiger partial charge is 0.259 e. The molecule has 1 amide bonds. The number of thiophene rings is 1. The van der Waals surface area contributed by atoms with Crippen molar-refractivity contribution in [2.24, 2.45) is 0 Å². The zero-order valence-corrected chi connectivity index (χ0v) is 19.4. The van der Waals surface area contributed by atoms with Crippen LogP contribution in [0.2, 0.25) is 0 Å². The van der Waals surface area contributed by atoms with Gasteiger partial charge in [0.2, 0.25) is 5.91 Å². The Labute approximate surface area is 186 Å². The monoisotopic (exact) mass is 491 g/mol. The second kappa shape index (κ2) is 9.02. The van der Waals surface area contributed by atoms with E-state index < -0.39 is 0 Å². The molecule has 1 aliphatic rings. The first kappa shape index (κ1) is 20.6. The van der Waals surface area contributed by atoms with Crippen molar-refractivity contribution in [3.63, 3.8) is 0 Å². The number of hydrogen-bond donors (Lipinski definition) is 1. The average Bonchev–Trinajstić information content (AvgIpc) is 3.08. The van der Waals surface area contributed by atoms with E-state index in [0.29, 0.717) is 23.9 Å². The molecule has 0 aliphatic heterocycles. The van der Waals surface area contributed by atoms with Crippen molar-refractivity contribution in [2.75, 3.05) is 12.8 Å². The molecule has 0 fully saturated rings. The van der Waals surface area contributed by atoms with Gasteiger partial charge in [-0.3, -0.25) is 9.59 Å². The maximum Gasteiger partial charge on any atom is 0.259 e. The molecule has 152 valence electrons. The highest BCUT2D eigenvalue weighted by Gasteiger charge is 2.20. The summed E-state index contributed by atoms with van der Waals surface area (Å²) in [6, 6.07) is 7.90. The normalized spacial score (nSPS) is 13.4. The van der Waals surface area contributed by atoms with Crippen LogP contribution < -0.4 is 5.56 Å². The fourth-order valence-electron chi connectivity index (χ4n) is 3.59. The van der Waals surface area contributed by atoms with Crippen LogP contribution in [0, 0.1) is 0 Å². The number of nitrogens with zero attached hydrogens (tertiary/aromatic N) is 2. The van der Waals surface area contributed by atoms with Crippen molar-refractivity contribution in [3.8, 4) is 0 Å². The molecule has 0 spiro atoms. The minimum atomic E-state index is -0.0395. The van der Waals surface area contributed by atoms with Crippen LogP contribution in [0.5, 0.6) is 0 Å². The average molecular weight is 492 g/mol. The van der Waals surface area contributed by atoms with Gasteiger partial charge < -0.3 is 9.88 Å². The van der Waals surface area contributed by atoms with Gasteiger partial charge in [0, 0.05) is 22.9 Å². The number of thioether (sulfide) groups is 1. The van der Waals surface area contributed by atoms with Gasteiger partial charge in [-0.2, -0.15) is 0 Å². The summed E-state index contributed by atoms with van der Waals surface area (Å²) < 4.78 is 1.00. The van der Waals surface area contributed by atoms with Crippen LogP contribution >= 0.6 is 39.0 Å². The quantitative estimate of drug-likeness (QED) is 0.550. The Balaban J connectivity index is 1.38. The van der Waals surface area contributed by atoms with E-state index in [1.807, 2.05) is 31.3 Å². The largest absolute Gasteiger partial charge is 0.341 e. The minimum absolute atomic E-state index is 0.0395. The van der Waals surface area contributed by atoms with Crippen LogP contribution in [0.1, 0.15) is 34.7 Å². The van der Waals surface area contributed by atoms with Crippen molar-refractivity contribution in [1.29, 1.82) is 0 Å². The zero-order valence-electron chi connectivity index (χ0n) is 16.2. The van der Waals surface area contributed by atoms with Crippen LogP contribution in [0.15, 0.2) is 33.5 Å². The number of nitrogens with one attached hydrogen (secondary N) is 1. The molecule has 0 radical (unpaired) electrons. The van der Waals surface area contributed by atoms with E-state index >= 15 is 0 Å². The van der Waals surface area contributed by atoms with E-state index in [1.165, 1.54) is 28.6 Å². The molecule has 0 atom stereocenters. The summed E-state index contributed by atoms with van der Waals surface area (Å²) in [4.78, 5) is 36.5. The van der Waals surface area contributed by atoms with Crippen molar-refractivity contribution in [3.05, 3.63) is 60.9 Å². The van der Waals surface area contributed by atoms with E-state index in [4.69, 9.17) is 0 Å². The van der Waals surface area contributed by atoms with Gasteiger partial charge in [0.25, 0.3) is 5.56 Å². The molecule has 0 saturated carbocycles. The van der Waals surface area contributed by atoms with Crippen LogP contribution in [0.3, 0.4) is 0 Å². The lowest BCUT2D eigenvalue weighted by molar-refractivity contribution is -0.127. The van der Waals surface area contributed by atoms with Crippen molar-refractivity contribution < 1.29 is 4.79 Å². The Hall–Kier alpha value is -1.64. The molecule has 1 aromatic carbocycles. The second-order valence-electron chi connectivity index (χ2n) is 7.24. The van der Waals surface area contributed by atoms with E-state index in [2.05, 4.69) is 25.9 Å². The molecule has 2 heterocycles. The zero-order chi connectivity index (χ0) is 20.4. The fourth-order valence-corrected chi connectivity index (χ4v) is 6.11. The number of amides is 1. The minimum Gasteiger partial charge on any atom is -0.341 e. The van der Waals surface area contributed by atoms with Crippen LogP contribution in [0.25, 0.3) is 10.2 Å². The SMILES string of the molecule is CN(Cc1ccccc1Br)C(=O)CSCc1nc2sc3c(c2c(=O)[nH]1)CCCC3. The number of H-pyrrole nitrogens is 1. The molecule has 0 saturated heterocycles. The maximum absolute atomic E-state index is 12.6. The number of hydrogen-bond acceptors (Lipinski definition) is 5. The summed E-state index contributed by atoms with van der Waals surface area (Å²) in [6.07, 6.45) is 4.37. The van der Waals surface area contributed by atoms with Gasteiger partial charge in [-0.15, -0.1) is 23.1 Å². The molecule has 29 heavy (non-hydrogen) atoms. The Morgan fingerprint density at radius 2 is 2.10 bits per heavy atom. The topological polar surface area (TPSA) is 66.1 Å². The van der Waals surface area contributed by atoms with Gasteiger partial charge in [0.05, 0.1) is 16.9 Å². The molecule has 5 nitrogen and oxygen atoms in total. The number of aromatic nitrogens is 2. The predicted octanol–water partition coefficient (Wildman–Crippen LogP) is 4.52. The van der Waals surface area contributed by atoms with Gasteiger partial charge in [-0.05, 0) is 42.9 Å². The molecule has 1 N–H and O–H groups in total. The molecule has 8 heteroatoms. The number of carbonyl (C=O) groups is 1. The molecular formula is C21H22BrN3O2S2. The third-order valence-electron chi connectivity index (χ3n) is 5.13. The van der Waals surface area contributed by atoms with Gasteiger partial charge in [-0.25, -0.2) is 4.98 Å². The lowest BCUT2D eigenvalue weighted by Crippen LogP contribution is -2.28. The Morgan fingerprint density at radius 1 is 1.31 bits per heavy atom.